The zero-order chi connectivity index (χ0) is 56.4. The Bertz CT molecular complexity index is 3530. The Labute approximate surface area is 435 Å². The van der Waals surface area contributed by atoms with Crippen LogP contribution in [0.15, 0.2) is 34.9 Å². The van der Waals surface area contributed by atoms with Crippen molar-refractivity contribution < 1.29 is 104 Å². The van der Waals surface area contributed by atoms with Gasteiger partial charge in [0.2, 0.25) is 17.7 Å². The van der Waals surface area contributed by atoms with E-state index in [9.17, 15) is 62.7 Å². The van der Waals surface area contributed by atoms with Gasteiger partial charge in [-0.2, -0.15) is 4.98 Å². The normalized spacial score (nSPS) is 29.8. The molecule has 9 rings (SSSR count). The summed E-state index contributed by atoms with van der Waals surface area (Å²) in [5.74, 6) is -1.52. The number of nitrogen functional groups attached to an aromatic ring is 3. The molecular weight excluding hydrogens is 1130 g/mol. The van der Waals surface area contributed by atoms with E-state index < -0.39 is 148 Å². The SMILES string of the molecule is COC[C@H]1[C@@H](O)[C@H]([n+]2cn(C)c3c(=O)[nH]c(N)nc32)O[C@@H]1COP(=O)(O)CCP(=O)(O)OP(=O)(O)OCC1O[C@@H](n2cnc3c(N)ncnc32)[C@H](OC)[C@@H]1OP(=O)([O-])OC[C@H]1O[C@@H](n2cnc3c(=O)[nH]c(N)nc32)[C@H](O)[C@@H]1O. The summed E-state index contributed by atoms with van der Waals surface area (Å²) in [4.78, 5) is 99.5. The molecule has 3 aliphatic heterocycles. The number of aliphatic hydroxyl groups excluding tert-OH is 3. The largest absolute Gasteiger partial charge is 0.756 e. The Morgan fingerprint density at radius 1 is 0.731 bits per heavy atom. The topological polar surface area (TPSA) is 545 Å². The molecule has 0 aromatic carbocycles. The average Bonchev–Trinajstić information content (AvgIpc) is 4.36. The monoisotopic (exact) mass is 1190 g/mol. The first-order valence-corrected chi connectivity index (χ1v) is 29.2. The first-order valence-electron chi connectivity index (χ1n) is 22.8. The van der Waals surface area contributed by atoms with Crippen molar-refractivity contribution >= 4 is 82.0 Å². The van der Waals surface area contributed by atoms with E-state index in [4.69, 9.17) is 59.0 Å². The van der Waals surface area contributed by atoms with Gasteiger partial charge in [0.05, 0.1) is 64.6 Å². The lowest BCUT2D eigenvalue weighted by molar-refractivity contribution is -0.745. The minimum absolute atomic E-state index is 0.0298. The molecule has 428 valence electrons. The molecule has 9 heterocycles. The van der Waals surface area contributed by atoms with E-state index in [-0.39, 0.29) is 57.8 Å². The number of aromatic amines is 2. The van der Waals surface area contributed by atoms with Crippen LogP contribution in [0.25, 0.3) is 33.5 Å². The smallest absolute Gasteiger partial charge is 0.479 e. The third-order valence-corrected chi connectivity index (χ3v) is 18.4. The molecule has 42 heteroatoms. The minimum atomic E-state index is -5.72. The van der Waals surface area contributed by atoms with Gasteiger partial charge in [-0.1, -0.05) is 4.98 Å². The molecule has 14 N–H and O–H groups in total. The number of phosphoric acid groups is 2. The molecule has 5 unspecified atom stereocenters. The number of aromatic nitrogens is 12. The number of ether oxygens (including phenoxy) is 5. The van der Waals surface area contributed by atoms with Crippen LogP contribution in [-0.2, 0) is 71.4 Å². The Morgan fingerprint density at radius 2 is 1.37 bits per heavy atom. The zero-order valence-corrected chi connectivity index (χ0v) is 44.2. The highest BCUT2D eigenvalue weighted by molar-refractivity contribution is 7.64. The maximum atomic E-state index is 13.6. The fourth-order valence-corrected chi connectivity index (χ4v) is 14.6. The highest BCUT2D eigenvalue weighted by Gasteiger charge is 2.52. The number of nitrogens with two attached hydrogens (primary N) is 3. The van der Waals surface area contributed by atoms with Gasteiger partial charge in [0.25, 0.3) is 24.9 Å². The van der Waals surface area contributed by atoms with Crippen molar-refractivity contribution in [3.63, 3.8) is 0 Å². The van der Waals surface area contributed by atoms with Gasteiger partial charge >= 0.3 is 28.7 Å². The number of imidazole rings is 3. The van der Waals surface area contributed by atoms with Gasteiger partial charge in [0.1, 0.15) is 54.6 Å². The van der Waals surface area contributed by atoms with Gasteiger partial charge in [0, 0.05) is 20.1 Å². The highest BCUT2D eigenvalue weighted by atomic mass is 31.3. The summed E-state index contributed by atoms with van der Waals surface area (Å²) in [6.07, 6.45) is -14.9. The molecule has 0 saturated carbocycles. The molecule has 0 radical (unpaired) electrons. The molecular formula is C36H51N15O23P4. The van der Waals surface area contributed by atoms with E-state index in [0.29, 0.717) is 0 Å². The summed E-state index contributed by atoms with van der Waals surface area (Å²) in [6.45, 7) is -3.05. The second-order valence-corrected chi connectivity index (χ2v) is 24.7. The lowest BCUT2D eigenvalue weighted by Crippen LogP contribution is -2.45. The number of hydrogen-bond donors (Lipinski definition) is 11. The van der Waals surface area contributed by atoms with Crippen molar-refractivity contribution in [3.05, 3.63) is 46.0 Å². The summed E-state index contributed by atoms with van der Waals surface area (Å²) < 4.78 is 112. The molecule has 78 heavy (non-hydrogen) atoms. The lowest BCUT2D eigenvalue weighted by Gasteiger charge is -2.31. The van der Waals surface area contributed by atoms with Gasteiger partial charge in [-0.3, -0.25) is 51.5 Å². The maximum absolute atomic E-state index is 13.6. The van der Waals surface area contributed by atoms with E-state index >= 15 is 0 Å². The summed E-state index contributed by atoms with van der Waals surface area (Å²) >= 11 is 0. The first-order chi connectivity index (χ1) is 36.7. The fourth-order valence-electron chi connectivity index (χ4n) is 9.01. The van der Waals surface area contributed by atoms with Crippen LogP contribution >= 0.6 is 30.8 Å². The number of aliphatic hydroxyl groups is 3. The van der Waals surface area contributed by atoms with Gasteiger partial charge in [0.15, 0.2) is 41.4 Å². The number of anilines is 3. The summed E-state index contributed by atoms with van der Waals surface area (Å²) in [5.41, 5.74) is 15.9. The van der Waals surface area contributed by atoms with Crippen LogP contribution < -0.4 is 37.8 Å². The molecule has 0 amide bonds. The van der Waals surface area contributed by atoms with E-state index in [2.05, 4.69) is 44.2 Å². The van der Waals surface area contributed by atoms with E-state index in [1.165, 1.54) is 40.5 Å². The summed E-state index contributed by atoms with van der Waals surface area (Å²) in [6, 6.07) is 0. The van der Waals surface area contributed by atoms with Crippen LogP contribution in [0.2, 0.25) is 0 Å². The Hall–Kier alpha value is -5.11. The van der Waals surface area contributed by atoms with Crippen LogP contribution in [0.4, 0.5) is 17.7 Å². The molecule has 38 nitrogen and oxygen atoms in total. The van der Waals surface area contributed by atoms with Crippen LogP contribution in [-0.4, -0.2) is 185 Å². The number of nitrogens with zero attached hydrogens (tertiary/aromatic N) is 10. The van der Waals surface area contributed by atoms with Crippen LogP contribution in [0.5, 0.6) is 0 Å². The highest BCUT2D eigenvalue weighted by Crippen LogP contribution is 2.62. The van der Waals surface area contributed by atoms with Crippen molar-refractivity contribution in [3.8, 4) is 0 Å². The Kier molecular flexibility index (Phi) is 16.3. The molecule has 3 aliphatic rings. The van der Waals surface area contributed by atoms with E-state index in [0.717, 1.165) is 24.3 Å². The summed E-state index contributed by atoms with van der Waals surface area (Å²) in [7, 11) is -17.7. The number of methoxy groups -OCH3 is 2. The molecule has 0 spiro atoms. The van der Waals surface area contributed by atoms with E-state index in [1.807, 2.05) is 0 Å². The maximum Gasteiger partial charge on any atom is 0.479 e. The van der Waals surface area contributed by atoms with Crippen LogP contribution in [0.1, 0.15) is 18.7 Å². The van der Waals surface area contributed by atoms with Crippen molar-refractivity contribution in [1.29, 1.82) is 0 Å². The number of H-pyrrole nitrogens is 2. The second kappa shape index (κ2) is 22.1. The number of phosphoric ester groups is 2. The molecule has 0 aliphatic carbocycles. The quantitative estimate of drug-likeness (QED) is 0.0226. The Morgan fingerprint density at radius 3 is 2.09 bits per heavy atom. The van der Waals surface area contributed by atoms with Crippen LogP contribution in [0, 0.1) is 5.92 Å². The Balaban J connectivity index is 0.848. The summed E-state index contributed by atoms with van der Waals surface area (Å²) in [5, 5.41) is 33.0. The predicted octanol–water partition coefficient (Wildman–Crippen LogP) is -4.29. The van der Waals surface area contributed by atoms with Crippen LogP contribution in [0.3, 0.4) is 0 Å². The van der Waals surface area contributed by atoms with Gasteiger partial charge < -0.3 is 89.3 Å². The number of fused-ring (bicyclic) bond motifs is 3. The number of nitrogens with one attached hydrogen (secondary N) is 2. The minimum Gasteiger partial charge on any atom is -0.756 e. The average molecular weight is 1190 g/mol. The molecule has 6 aromatic rings. The third-order valence-electron chi connectivity index (χ3n) is 12.6. The van der Waals surface area contributed by atoms with Gasteiger partial charge in [-0.15, -0.1) is 0 Å². The van der Waals surface area contributed by atoms with Crippen molar-refractivity contribution in [1.82, 2.24) is 53.6 Å². The molecule has 3 saturated heterocycles. The van der Waals surface area contributed by atoms with Crippen molar-refractivity contribution in [2.75, 3.05) is 70.2 Å². The lowest BCUT2D eigenvalue weighted by atomic mass is 9.99. The van der Waals surface area contributed by atoms with Crippen molar-refractivity contribution in [2.24, 2.45) is 13.0 Å². The standard InChI is InChI=1S/C36H51N15O23P4/c1-48-13-51(29-20(48)31(56)47-36(39)45-29)32-21(52)14(6-65-2)15(70-32)7-67-75(57,58)4-5-76(59,60)74-78(63,64)69-9-17-24(25(66-3)34(72-17)49-11-42-18-26(37)40-10-41-27(18)49)73-77(61,62)68-8-16-22(53)23(54)33(71-16)50-12-43-19-28(50)44-35(38)46-30(19)55/h10-17,21-25,32-34,52-54H,4-9H2,1-3H3,(H11-,37,38,39,40,41,44,45,46,47,55,56,57,58,59,60,61,62,63,64)/t14-,15-,16-,17?,21-,22-,23-,24-,25-,32-,33-,34-/m1/s1. The van der Waals surface area contributed by atoms with Crippen molar-refractivity contribution in [2.45, 2.75) is 67.5 Å². The first kappa shape index (κ1) is 57.6. The molecule has 16 atom stereocenters. The second-order valence-electron chi connectivity index (χ2n) is 17.8. The predicted molar refractivity (Wildman–Crippen MR) is 255 cm³/mol. The third kappa shape index (κ3) is 11.7. The fraction of sp³-hybridized carbons (Fsp3) is 0.583. The van der Waals surface area contributed by atoms with E-state index in [1.54, 1.807) is 0 Å². The molecule has 6 aromatic heterocycles. The van der Waals surface area contributed by atoms with Gasteiger partial charge in [-0.25, -0.2) is 33.4 Å². The molecule has 0 bridgehead atoms. The number of rotatable bonds is 22. The number of aryl methyl sites for hydroxylation is 1. The molecule has 3 fully saturated rings. The number of hydrogen-bond acceptors (Lipinski definition) is 29. The zero-order valence-electron chi connectivity index (χ0n) is 40.6. The van der Waals surface area contributed by atoms with Gasteiger partial charge in [-0.05, 0) is 0 Å².